The molecule has 1 aliphatic heterocycles. The third-order valence-electron chi connectivity index (χ3n) is 8.06. The van der Waals surface area contributed by atoms with Crippen molar-refractivity contribution in [3.8, 4) is 5.75 Å². The van der Waals surface area contributed by atoms with Crippen LogP contribution in [0.1, 0.15) is 94.3 Å². The normalized spacial score (nSPS) is 19.9. The first-order valence-electron chi connectivity index (χ1n) is 14.2. The van der Waals surface area contributed by atoms with E-state index in [2.05, 4.69) is 24.3 Å². The number of hydrogen-bond acceptors (Lipinski definition) is 3. The molecule has 0 radical (unpaired) electrons. The van der Waals surface area contributed by atoms with Gasteiger partial charge in [-0.3, -0.25) is 0 Å². The van der Waals surface area contributed by atoms with Gasteiger partial charge in [0.15, 0.2) is 6.10 Å². The molecule has 2 fully saturated rings. The monoisotopic (exact) mass is 484 g/mol. The Bertz CT molecular complexity index is 1130. The molecule has 0 N–H and O–H groups in total. The zero-order chi connectivity index (χ0) is 24.6. The van der Waals surface area contributed by atoms with E-state index in [1.54, 1.807) is 0 Å². The summed E-state index contributed by atoms with van der Waals surface area (Å²) in [4.78, 5) is 12.7. The lowest BCUT2D eigenvalue weighted by molar-refractivity contribution is -0.135. The molecule has 1 heterocycles. The molecule has 2 atom stereocenters. The number of rotatable bonds is 12. The summed E-state index contributed by atoms with van der Waals surface area (Å²) in [6.45, 7) is 0. The van der Waals surface area contributed by atoms with E-state index in [0.29, 0.717) is 5.75 Å². The lowest BCUT2D eigenvalue weighted by Gasteiger charge is -2.21. The van der Waals surface area contributed by atoms with Crippen molar-refractivity contribution in [3.63, 3.8) is 0 Å². The van der Waals surface area contributed by atoms with Crippen molar-refractivity contribution in [1.82, 2.24) is 0 Å². The van der Waals surface area contributed by atoms with Gasteiger partial charge in [-0.2, -0.15) is 0 Å². The lowest BCUT2D eigenvalue weighted by atomic mass is 9.85. The second-order valence-corrected chi connectivity index (χ2v) is 10.8. The van der Waals surface area contributed by atoms with Crippen LogP contribution in [0, 0.1) is 5.92 Å². The highest BCUT2D eigenvalue weighted by Gasteiger charge is 2.48. The van der Waals surface area contributed by atoms with Crippen LogP contribution in [0.2, 0.25) is 0 Å². The van der Waals surface area contributed by atoms with Crippen molar-refractivity contribution in [2.75, 3.05) is 0 Å². The number of carbonyl (C=O) groups is 1. The second kappa shape index (κ2) is 12.5. The van der Waals surface area contributed by atoms with Gasteiger partial charge >= 0.3 is 5.97 Å². The molecule has 36 heavy (non-hydrogen) atoms. The SMILES string of the molecule is O=C(Oc1ccc2ccccc2c1)C1OC1c1ccccc1CCCCCCCCC1CCCCC1. The van der Waals surface area contributed by atoms with E-state index in [0.717, 1.165) is 28.7 Å². The van der Waals surface area contributed by atoms with E-state index in [1.165, 1.54) is 82.6 Å². The highest BCUT2D eigenvalue weighted by molar-refractivity contribution is 5.86. The summed E-state index contributed by atoms with van der Waals surface area (Å²) in [5, 5.41) is 2.19. The Morgan fingerprint density at radius 3 is 2.36 bits per heavy atom. The fraction of sp³-hybridized carbons (Fsp3) is 0.485. The molecule has 0 aromatic heterocycles. The zero-order valence-corrected chi connectivity index (χ0v) is 21.5. The van der Waals surface area contributed by atoms with Gasteiger partial charge in [0.25, 0.3) is 0 Å². The molecule has 2 unspecified atom stereocenters. The van der Waals surface area contributed by atoms with Crippen molar-refractivity contribution < 1.29 is 14.3 Å². The molecule has 0 spiro atoms. The fourth-order valence-corrected chi connectivity index (χ4v) is 5.90. The topological polar surface area (TPSA) is 38.8 Å². The van der Waals surface area contributed by atoms with E-state index >= 15 is 0 Å². The molecule has 190 valence electrons. The van der Waals surface area contributed by atoms with Gasteiger partial charge in [-0.25, -0.2) is 4.79 Å². The summed E-state index contributed by atoms with van der Waals surface area (Å²) >= 11 is 0. The predicted octanol–water partition coefficient (Wildman–Crippen LogP) is 8.74. The maximum atomic E-state index is 12.7. The molecule has 3 heteroatoms. The summed E-state index contributed by atoms with van der Waals surface area (Å²) in [6, 6.07) is 22.2. The summed E-state index contributed by atoms with van der Waals surface area (Å²) in [5.74, 6) is 1.28. The van der Waals surface area contributed by atoms with E-state index in [-0.39, 0.29) is 12.1 Å². The van der Waals surface area contributed by atoms with Crippen LogP contribution in [0.15, 0.2) is 66.7 Å². The fourth-order valence-electron chi connectivity index (χ4n) is 5.90. The van der Waals surface area contributed by atoms with Crippen LogP contribution in [0.5, 0.6) is 5.75 Å². The minimum absolute atomic E-state index is 0.186. The van der Waals surface area contributed by atoms with Crippen LogP contribution in [-0.4, -0.2) is 12.1 Å². The maximum Gasteiger partial charge on any atom is 0.343 e. The van der Waals surface area contributed by atoms with Crippen LogP contribution in [0.25, 0.3) is 10.8 Å². The predicted molar refractivity (Wildman–Crippen MR) is 146 cm³/mol. The first kappa shape index (κ1) is 25.0. The number of carbonyl (C=O) groups excluding carboxylic acids is 1. The molecular weight excluding hydrogens is 444 g/mol. The molecule has 5 rings (SSSR count). The Labute approximate surface area is 216 Å². The number of benzene rings is 3. The Balaban J connectivity index is 1.03. The molecule has 1 saturated carbocycles. The van der Waals surface area contributed by atoms with Gasteiger partial charge in [0.05, 0.1) is 0 Å². The molecule has 1 aliphatic carbocycles. The maximum absolute atomic E-state index is 12.7. The summed E-state index contributed by atoms with van der Waals surface area (Å²) in [5.41, 5.74) is 2.45. The van der Waals surface area contributed by atoms with Crippen molar-refractivity contribution >= 4 is 16.7 Å². The number of fused-ring (bicyclic) bond motifs is 1. The first-order valence-corrected chi connectivity index (χ1v) is 14.2. The van der Waals surface area contributed by atoms with E-state index in [9.17, 15) is 4.79 Å². The van der Waals surface area contributed by atoms with E-state index in [4.69, 9.17) is 9.47 Å². The van der Waals surface area contributed by atoms with Gasteiger partial charge < -0.3 is 9.47 Å². The molecule has 2 aliphatic rings. The molecular formula is C33H40O3. The van der Waals surface area contributed by atoms with Crippen LogP contribution >= 0.6 is 0 Å². The van der Waals surface area contributed by atoms with E-state index < -0.39 is 6.10 Å². The summed E-state index contributed by atoms with van der Waals surface area (Å²) in [7, 11) is 0. The van der Waals surface area contributed by atoms with Crippen LogP contribution in [0.3, 0.4) is 0 Å². The summed E-state index contributed by atoms with van der Waals surface area (Å²) < 4.78 is 11.5. The second-order valence-electron chi connectivity index (χ2n) is 10.8. The van der Waals surface area contributed by atoms with Crippen molar-refractivity contribution in [1.29, 1.82) is 0 Å². The van der Waals surface area contributed by atoms with Gasteiger partial charge in [-0.15, -0.1) is 0 Å². The Morgan fingerprint density at radius 1 is 0.778 bits per heavy atom. The molecule has 3 aromatic carbocycles. The number of aryl methyl sites for hydroxylation is 1. The average Bonchev–Trinajstić information content (AvgIpc) is 3.72. The van der Waals surface area contributed by atoms with Gasteiger partial charge in [0, 0.05) is 0 Å². The lowest BCUT2D eigenvalue weighted by Crippen LogP contribution is -2.15. The van der Waals surface area contributed by atoms with Gasteiger partial charge in [-0.05, 0) is 52.8 Å². The van der Waals surface area contributed by atoms with Crippen molar-refractivity contribution in [2.24, 2.45) is 5.92 Å². The third kappa shape index (κ3) is 6.76. The van der Waals surface area contributed by atoms with Gasteiger partial charge in [0.2, 0.25) is 0 Å². The Kier molecular flexibility index (Phi) is 8.72. The van der Waals surface area contributed by atoms with Crippen molar-refractivity contribution in [3.05, 3.63) is 77.9 Å². The summed E-state index contributed by atoms with van der Waals surface area (Å²) in [6.07, 6.45) is 17.1. The minimum atomic E-state index is -0.512. The number of ether oxygens (including phenoxy) is 2. The molecule has 0 bridgehead atoms. The highest BCUT2D eigenvalue weighted by Crippen LogP contribution is 2.41. The number of esters is 1. The molecule has 0 amide bonds. The average molecular weight is 485 g/mol. The highest BCUT2D eigenvalue weighted by atomic mass is 16.6. The largest absolute Gasteiger partial charge is 0.425 e. The van der Waals surface area contributed by atoms with E-state index in [1.807, 2.05) is 42.5 Å². The van der Waals surface area contributed by atoms with Crippen LogP contribution in [0.4, 0.5) is 0 Å². The number of hydrogen-bond donors (Lipinski definition) is 0. The zero-order valence-electron chi connectivity index (χ0n) is 21.5. The Hall–Kier alpha value is -2.65. The van der Waals surface area contributed by atoms with Crippen LogP contribution in [-0.2, 0) is 16.0 Å². The Morgan fingerprint density at radius 2 is 1.50 bits per heavy atom. The minimum Gasteiger partial charge on any atom is -0.425 e. The molecule has 1 saturated heterocycles. The van der Waals surface area contributed by atoms with Crippen molar-refractivity contribution in [2.45, 2.75) is 95.7 Å². The molecule has 3 nitrogen and oxygen atoms in total. The quantitative estimate of drug-likeness (QED) is 0.112. The first-order chi connectivity index (χ1) is 17.8. The number of unbranched alkanes of at least 4 members (excludes halogenated alkanes) is 5. The smallest absolute Gasteiger partial charge is 0.343 e. The standard InChI is InChI=1S/C33H40O3/c34-33(35-29-23-22-26-17-10-11-20-28(26)24-29)32-31(36-32)30-21-13-12-19-27(30)18-9-4-2-1-3-6-14-25-15-7-5-8-16-25/h10-13,17,19-25,31-32H,1-9,14-16,18H2. The third-order valence-corrected chi connectivity index (χ3v) is 8.06. The molecule has 3 aromatic rings. The van der Waals surface area contributed by atoms with Crippen LogP contribution < -0.4 is 4.74 Å². The van der Waals surface area contributed by atoms with Gasteiger partial charge in [0.1, 0.15) is 11.9 Å². The number of epoxide rings is 1. The van der Waals surface area contributed by atoms with Gasteiger partial charge in [-0.1, -0.05) is 125 Å².